The molecule has 0 spiro atoms. The molecule has 0 bridgehead atoms. The summed E-state index contributed by atoms with van der Waals surface area (Å²) in [5, 5.41) is 7.37. The number of likely N-dealkylation sites (tertiary alicyclic amines) is 1. The molecule has 0 atom stereocenters. The fraction of sp³-hybridized carbons (Fsp3) is 0.524. The molecule has 1 aliphatic heterocycles. The van der Waals surface area contributed by atoms with Gasteiger partial charge in [-0.2, -0.15) is 5.10 Å². The average molecular weight is 354 g/mol. The van der Waals surface area contributed by atoms with Crippen molar-refractivity contribution < 1.29 is 4.79 Å². The van der Waals surface area contributed by atoms with E-state index in [0.29, 0.717) is 18.8 Å². The molecule has 2 heterocycles. The second-order valence-corrected chi connectivity index (χ2v) is 7.18. The van der Waals surface area contributed by atoms with Gasteiger partial charge in [-0.3, -0.25) is 14.4 Å². The molecule has 0 aliphatic carbocycles. The van der Waals surface area contributed by atoms with Gasteiger partial charge in [-0.1, -0.05) is 37.1 Å². The maximum Gasteiger partial charge on any atom is 0.269 e. The summed E-state index contributed by atoms with van der Waals surface area (Å²) in [6.45, 7) is 8.54. The fourth-order valence-corrected chi connectivity index (χ4v) is 3.63. The molecule has 0 radical (unpaired) electrons. The van der Waals surface area contributed by atoms with Crippen LogP contribution in [0.25, 0.3) is 0 Å². The normalized spacial score (nSPS) is 15.6. The van der Waals surface area contributed by atoms with Gasteiger partial charge in [0.2, 0.25) is 0 Å². The lowest BCUT2D eigenvalue weighted by Gasteiger charge is -2.20. The summed E-state index contributed by atoms with van der Waals surface area (Å²) in [6, 6.07) is 10.4. The van der Waals surface area contributed by atoms with Crippen LogP contribution in [0.15, 0.2) is 30.3 Å². The van der Waals surface area contributed by atoms with Crippen molar-refractivity contribution in [3.63, 3.8) is 0 Å². The number of hydrogen-bond acceptors (Lipinski definition) is 3. The summed E-state index contributed by atoms with van der Waals surface area (Å²) in [7, 11) is 0. The summed E-state index contributed by atoms with van der Waals surface area (Å²) < 4.78 is 1.75. The van der Waals surface area contributed by atoms with Crippen molar-refractivity contribution in [3.05, 3.63) is 52.8 Å². The van der Waals surface area contributed by atoms with Gasteiger partial charge in [0.1, 0.15) is 5.69 Å². The topological polar surface area (TPSA) is 50.2 Å². The van der Waals surface area contributed by atoms with Gasteiger partial charge < -0.3 is 5.32 Å². The molecule has 140 valence electrons. The molecule has 1 fully saturated rings. The molecule has 1 aromatic heterocycles. The summed E-state index contributed by atoms with van der Waals surface area (Å²) in [5.74, 6) is -0.0645. The Morgan fingerprint density at radius 1 is 1.12 bits per heavy atom. The standard InChI is InChI=1S/C21H30N4O/c1-3-25-20(13-17(2)23-25)21(26)22-15-18-9-8-10-19(14-18)16-24-11-6-4-5-7-12-24/h8-10,13-14H,3-7,11-12,15-16H2,1-2H3,(H,22,26). The lowest BCUT2D eigenvalue weighted by molar-refractivity contribution is 0.0940. The Labute approximate surface area is 156 Å². The van der Waals surface area contributed by atoms with Crippen molar-refractivity contribution in [1.29, 1.82) is 0 Å². The van der Waals surface area contributed by atoms with Crippen molar-refractivity contribution in [2.45, 2.75) is 59.2 Å². The van der Waals surface area contributed by atoms with Gasteiger partial charge in [-0.25, -0.2) is 0 Å². The predicted molar refractivity (Wildman–Crippen MR) is 104 cm³/mol. The SMILES string of the molecule is CCn1nc(C)cc1C(=O)NCc1cccc(CN2CCCCCC2)c1. The highest BCUT2D eigenvalue weighted by Gasteiger charge is 2.13. The number of rotatable bonds is 6. The van der Waals surface area contributed by atoms with Crippen LogP contribution in [0.1, 0.15) is 59.9 Å². The van der Waals surface area contributed by atoms with Gasteiger partial charge >= 0.3 is 0 Å². The molecule has 0 saturated carbocycles. The summed E-state index contributed by atoms with van der Waals surface area (Å²) in [6.07, 6.45) is 5.33. The molecular weight excluding hydrogens is 324 g/mol. The quantitative estimate of drug-likeness (QED) is 0.863. The smallest absolute Gasteiger partial charge is 0.269 e. The Hall–Kier alpha value is -2.14. The molecule has 26 heavy (non-hydrogen) atoms. The van der Waals surface area contributed by atoms with E-state index < -0.39 is 0 Å². The molecule has 1 saturated heterocycles. The minimum absolute atomic E-state index is 0.0645. The largest absolute Gasteiger partial charge is 0.347 e. The second kappa shape index (κ2) is 8.99. The van der Waals surface area contributed by atoms with E-state index in [0.717, 1.165) is 17.8 Å². The second-order valence-electron chi connectivity index (χ2n) is 7.18. The Morgan fingerprint density at radius 3 is 2.58 bits per heavy atom. The fourth-order valence-electron chi connectivity index (χ4n) is 3.63. The lowest BCUT2D eigenvalue weighted by atomic mass is 10.1. The van der Waals surface area contributed by atoms with E-state index in [1.165, 1.54) is 44.3 Å². The van der Waals surface area contributed by atoms with Crippen molar-refractivity contribution in [1.82, 2.24) is 20.0 Å². The molecule has 1 aromatic carbocycles. The van der Waals surface area contributed by atoms with Crippen molar-refractivity contribution in [2.24, 2.45) is 0 Å². The third kappa shape index (κ3) is 4.94. The molecule has 5 nitrogen and oxygen atoms in total. The predicted octanol–water partition coefficient (Wildman–Crippen LogP) is 3.52. The number of carbonyl (C=O) groups excluding carboxylic acids is 1. The summed E-state index contributed by atoms with van der Waals surface area (Å²) in [4.78, 5) is 15.0. The zero-order valence-electron chi connectivity index (χ0n) is 16.0. The first-order valence-corrected chi connectivity index (χ1v) is 9.78. The number of amides is 1. The number of nitrogens with zero attached hydrogens (tertiary/aromatic N) is 3. The zero-order valence-corrected chi connectivity index (χ0v) is 16.0. The molecule has 5 heteroatoms. The molecule has 0 unspecified atom stereocenters. The third-order valence-corrected chi connectivity index (χ3v) is 4.98. The highest BCUT2D eigenvalue weighted by atomic mass is 16.2. The first kappa shape index (κ1) is 18.6. The Morgan fingerprint density at radius 2 is 1.85 bits per heavy atom. The van der Waals surface area contributed by atoms with Crippen molar-refractivity contribution in [3.8, 4) is 0 Å². The van der Waals surface area contributed by atoms with E-state index in [2.05, 4.69) is 39.6 Å². The summed E-state index contributed by atoms with van der Waals surface area (Å²) in [5.41, 5.74) is 3.97. The van der Waals surface area contributed by atoms with Crippen LogP contribution >= 0.6 is 0 Å². The molecule has 1 aliphatic rings. The number of carbonyl (C=O) groups is 1. The van der Waals surface area contributed by atoms with Crippen LogP contribution in [0.2, 0.25) is 0 Å². The van der Waals surface area contributed by atoms with Crippen LogP contribution in [-0.4, -0.2) is 33.7 Å². The van der Waals surface area contributed by atoms with Gasteiger partial charge in [0.15, 0.2) is 0 Å². The lowest BCUT2D eigenvalue weighted by Crippen LogP contribution is -2.26. The van der Waals surface area contributed by atoms with Gasteiger partial charge in [-0.15, -0.1) is 0 Å². The Balaban J connectivity index is 1.58. The third-order valence-electron chi connectivity index (χ3n) is 4.98. The minimum atomic E-state index is -0.0645. The average Bonchev–Trinajstić information content (AvgIpc) is 2.85. The zero-order chi connectivity index (χ0) is 18.4. The van der Waals surface area contributed by atoms with Gasteiger partial charge in [0, 0.05) is 19.6 Å². The van der Waals surface area contributed by atoms with Crippen molar-refractivity contribution >= 4 is 5.91 Å². The van der Waals surface area contributed by atoms with Crippen LogP contribution in [0, 0.1) is 6.92 Å². The molecule has 1 N–H and O–H groups in total. The summed E-state index contributed by atoms with van der Waals surface area (Å²) >= 11 is 0. The molecule has 2 aromatic rings. The number of benzene rings is 1. The monoisotopic (exact) mass is 354 g/mol. The van der Waals surface area contributed by atoms with E-state index in [1.807, 2.05) is 19.9 Å². The Bertz CT molecular complexity index is 729. The van der Waals surface area contributed by atoms with Crippen molar-refractivity contribution in [2.75, 3.05) is 13.1 Å². The van der Waals surface area contributed by atoms with Crippen LogP contribution < -0.4 is 5.32 Å². The molecule has 3 rings (SSSR count). The van der Waals surface area contributed by atoms with E-state index >= 15 is 0 Å². The minimum Gasteiger partial charge on any atom is -0.347 e. The van der Waals surface area contributed by atoms with E-state index in [-0.39, 0.29) is 5.91 Å². The highest BCUT2D eigenvalue weighted by Crippen LogP contribution is 2.14. The Kier molecular flexibility index (Phi) is 6.45. The van der Waals surface area contributed by atoms with Crippen LogP contribution in [-0.2, 0) is 19.6 Å². The highest BCUT2D eigenvalue weighted by molar-refractivity contribution is 5.92. The maximum atomic E-state index is 12.5. The van der Waals surface area contributed by atoms with Gasteiger partial charge in [0.25, 0.3) is 5.91 Å². The first-order valence-electron chi connectivity index (χ1n) is 9.78. The number of nitrogens with one attached hydrogen (secondary N) is 1. The van der Waals surface area contributed by atoms with E-state index in [1.54, 1.807) is 4.68 Å². The maximum absolute atomic E-state index is 12.5. The van der Waals surface area contributed by atoms with E-state index in [4.69, 9.17) is 0 Å². The van der Waals surface area contributed by atoms with Gasteiger partial charge in [0.05, 0.1) is 5.69 Å². The number of aromatic nitrogens is 2. The molecule has 1 amide bonds. The van der Waals surface area contributed by atoms with E-state index in [9.17, 15) is 4.79 Å². The molecular formula is C21H30N4O. The van der Waals surface area contributed by atoms with Crippen LogP contribution in [0.4, 0.5) is 0 Å². The van der Waals surface area contributed by atoms with Gasteiger partial charge in [-0.05, 0) is 57.0 Å². The number of hydrogen-bond donors (Lipinski definition) is 1. The number of aryl methyl sites for hydroxylation is 2. The first-order chi connectivity index (χ1) is 12.7. The van der Waals surface area contributed by atoms with Crippen LogP contribution in [0.5, 0.6) is 0 Å². The van der Waals surface area contributed by atoms with Crippen LogP contribution in [0.3, 0.4) is 0 Å².